The van der Waals surface area contributed by atoms with Gasteiger partial charge in [0.25, 0.3) is 0 Å². The van der Waals surface area contributed by atoms with Crippen LogP contribution in [-0.4, -0.2) is 17.9 Å². The van der Waals surface area contributed by atoms with E-state index < -0.39 is 0 Å². The number of hydrogen-bond acceptors (Lipinski definition) is 3. The molecule has 0 radical (unpaired) electrons. The second-order valence-corrected chi connectivity index (χ2v) is 2.88. The third-order valence-corrected chi connectivity index (χ3v) is 2.17. The SMILES string of the molecule is O=C=C1C=NC2=C(CCC2)C1=O. The number of Topliss-reactive ketones (excluding diaryl/α,β-unsaturated/α-hetero) is 1. The van der Waals surface area contributed by atoms with E-state index in [1.165, 1.54) is 6.21 Å². The first kappa shape index (κ1) is 7.19. The lowest BCUT2D eigenvalue weighted by molar-refractivity contribution is -0.111. The van der Waals surface area contributed by atoms with Gasteiger partial charge >= 0.3 is 0 Å². The summed E-state index contributed by atoms with van der Waals surface area (Å²) in [6, 6.07) is 0. The minimum atomic E-state index is -0.174. The summed E-state index contributed by atoms with van der Waals surface area (Å²) in [6.07, 6.45) is 3.92. The van der Waals surface area contributed by atoms with E-state index in [4.69, 9.17) is 0 Å². The lowest BCUT2D eigenvalue weighted by Crippen LogP contribution is -2.11. The number of allylic oxidation sites excluding steroid dienone is 3. The fourth-order valence-corrected chi connectivity index (χ4v) is 1.55. The summed E-state index contributed by atoms with van der Waals surface area (Å²) < 4.78 is 0. The molecule has 0 saturated carbocycles. The lowest BCUT2D eigenvalue weighted by Gasteiger charge is -2.05. The van der Waals surface area contributed by atoms with Gasteiger partial charge in [-0.15, -0.1) is 0 Å². The summed E-state index contributed by atoms with van der Waals surface area (Å²) in [5.41, 5.74) is 1.64. The quantitative estimate of drug-likeness (QED) is 0.390. The zero-order chi connectivity index (χ0) is 8.55. The number of carbonyl (C=O) groups excluding carboxylic acids is 2. The number of rotatable bonds is 0. The molecule has 0 N–H and O–H groups in total. The van der Waals surface area contributed by atoms with Gasteiger partial charge in [0.2, 0.25) is 5.78 Å². The molecular formula is C9H7NO2. The van der Waals surface area contributed by atoms with Crippen molar-refractivity contribution >= 4 is 17.9 Å². The van der Waals surface area contributed by atoms with E-state index in [1.54, 1.807) is 5.94 Å². The maximum atomic E-state index is 11.4. The molecule has 60 valence electrons. The molecule has 0 aromatic heterocycles. The molecule has 1 heterocycles. The van der Waals surface area contributed by atoms with Gasteiger partial charge in [0.1, 0.15) is 11.5 Å². The summed E-state index contributed by atoms with van der Waals surface area (Å²) in [6.45, 7) is 0. The van der Waals surface area contributed by atoms with E-state index >= 15 is 0 Å². The molecule has 1 aliphatic carbocycles. The van der Waals surface area contributed by atoms with Gasteiger partial charge in [0.15, 0.2) is 0 Å². The van der Waals surface area contributed by atoms with Gasteiger partial charge in [0, 0.05) is 17.5 Å². The molecule has 1 aliphatic heterocycles. The Kier molecular flexibility index (Phi) is 1.52. The van der Waals surface area contributed by atoms with E-state index in [9.17, 15) is 9.59 Å². The van der Waals surface area contributed by atoms with E-state index in [2.05, 4.69) is 4.99 Å². The maximum absolute atomic E-state index is 11.4. The number of carbonyl (C=O) groups is 1. The predicted molar refractivity (Wildman–Crippen MR) is 43.6 cm³/mol. The molecule has 12 heavy (non-hydrogen) atoms. The average Bonchev–Trinajstić information content (AvgIpc) is 2.53. The second-order valence-electron chi connectivity index (χ2n) is 2.88. The number of aliphatic imine (C=N–C) groups is 1. The van der Waals surface area contributed by atoms with Crippen molar-refractivity contribution in [3.63, 3.8) is 0 Å². The topological polar surface area (TPSA) is 46.5 Å². The lowest BCUT2D eigenvalue weighted by atomic mass is 10.0. The van der Waals surface area contributed by atoms with Crippen molar-refractivity contribution in [2.75, 3.05) is 0 Å². The molecule has 2 rings (SSSR count). The van der Waals surface area contributed by atoms with Crippen LogP contribution in [0.3, 0.4) is 0 Å². The first-order valence-electron chi connectivity index (χ1n) is 3.89. The first-order chi connectivity index (χ1) is 5.83. The Balaban J connectivity index is 2.48. The van der Waals surface area contributed by atoms with Crippen LogP contribution in [0.15, 0.2) is 21.8 Å². The molecule has 0 amide bonds. The molecule has 0 aromatic carbocycles. The Morgan fingerprint density at radius 3 is 3.00 bits per heavy atom. The fraction of sp³-hybridized carbons (Fsp3) is 0.333. The molecule has 3 heteroatoms. The van der Waals surface area contributed by atoms with Crippen LogP contribution in [0, 0.1) is 0 Å². The summed E-state index contributed by atoms with van der Waals surface area (Å²) >= 11 is 0. The molecule has 2 aliphatic rings. The monoisotopic (exact) mass is 161 g/mol. The van der Waals surface area contributed by atoms with Crippen molar-refractivity contribution in [3.05, 3.63) is 16.8 Å². The van der Waals surface area contributed by atoms with Gasteiger partial charge in [-0.05, 0) is 19.3 Å². The Morgan fingerprint density at radius 1 is 1.42 bits per heavy atom. The zero-order valence-electron chi connectivity index (χ0n) is 6.46. The summed E-state index contributed by atoms with van der Waals surface area (Å²) in [5, 5.41) is 0. The molecule has 0 unspecified atom stereocenters. The minimum absolute atomic E-state index is 0.0654. The van der Waals surface area contributed by atoms with Crippen LogP contribution in [0.5, 0.6) is 0 Å². The van der Waals surface area contributed by atoms with Crippen LogP contribution < -0.4 is 0 Å². The van der Waals surface area contributed by atoms with E-state index in [0.717, 1.165) is 30.5 Å². The van der Waals surface area contributed by atoms with E-state index in [0.29, 0.717) is 0 Å². The van der Waals surface area contributed by atoms with Crippen molar-refractivity contribution < 1.29 is 9.59 Å². The molecule has 0 saturated heterocycles. The molecular weight excluding hydrogens is 154 g/mol. The summed E-state index contributed by atoms with van der Waals surface area (Å²) in [7, 11) is 0. The molecule has 0 aromatic rings. The van der Waals surface area contributed by atoms with Gasteiger partial charge in [-0.25, -0.2) is 4.79 Å². The molecule has 0 fully saturated rings. The predicted octanol–water partition coefficient (Wildman–Crippen LogP) is 0.836. The van der Waals surface area contributed by atoms with Crippen LogP contribution in [0.2, 0.25) is 0 Å². The molecule has 3 nitrogen and oxygen atoms in total. The van der Waals surface area contributed by atoms with Crippen molar-refractivity contribution in [2.45, 2.75) is 19.3 Å². The Bertz CT molecular complexity index is 357. The smallest absolute Gasteiger partial charge is 0.203 e. The van der Waals surface area contributed by atoms with Gasteiger partial charge in [-0.2, -0.15) is 0 Å². The molecule has 0 atom stereocenters. The van der Waals surface area contributed by atoms with Crippen molar-refractivity contribution in [2.24, 2.45) is 4.99 Å². The van der Waals surface area contributed by atoms with Crippen LogP contribution >= 0.6 is 0 Å². The number of nitrogens with zero attached hydrogens (tertiary/aromatic N) is 1. The first-order valence-corrected chi connectivity index (χ1v) is 3.89. The van der Waals surface area contributed by atoms with Crippen LogP contribution in [-0.2, 0) is 9.59 Å². The highest BCUT2D eigenvalue weighted by Gasteiger charge is 2.26. The number of ketones is 1. The highest BCUT2D eigenvalue weighted by atomic mass is 16.1. The summed E-state index contributed by atoms with van der Waals surface area (Å²) in [5.74, 6) is 1.43. The van der Waals surface area contributed by atoms with Gasteiger partial charge in [-0.3, -0.25) is 9.79 Å². The van der Waals surface area contributed by atoms with E-state index in [-0.39, 0.29) is 11.4 Å². The Morgan fingerprint density at radius 2 is 2.25 bits per heavy atom. The Labute approximate surface area is 69.5 Å². The number of hydrogen-bond donors (Lipinski definition) is 0. The third kappa shape index (κ3) is 0.874. The van der Waals surface area contributed by atoms with Crippen LogP contribution in [0.4, 0.5) is 0 Å². The van der Waals surface area contributed by atoms with Gasteiger partial charge in [-0.1, -0.05) is 0 Å². The third-order valence-electron chi connectivity index (χ3n) is 2.17. The van der Waals surface area contributed by atoms with E-state index in [1.807, 2.05) is 0 Å². The van der Waals surface area contributed by atoms with Crippen LogP contribution in [0.1, 0.15) is 19.3 Å². The zero-order valence-corrected chi connectivity index (χ0v) is 6.46. The van der Waals surface area contributed by atoms with Gasteiger partial charge in [0.05, 0.1) is 0 Å². The van der Waals surface area contributed by atoms with Crippen molar-refractivity contribution in [3.8, 4) is 0 Å². The highest BCUT2D eigenvalue weighted by molar-refractivity contribution is 6.27. The normalized spacial score (nSPS) is 21.3. The van der Waals surface area contributed by atoms with Gasteiger partial charge < -0.3 is 0 Å². The van der Waals surface area contributed by atoms with Crippen LogP contribution in [0.25, 0.3) is 0 Å². The minimum Gasteiger partial charge on any atom is -0.288 e. The maximum Gasteiger partial charge on any atom is 0.203 e. The molecule has 0 bridgehead atoms. The highest BCUT2D eigenvalue weighted by Crippen LogP contribution is 2.30. The van der Waals surface area contributed by atoms with Crippen molar-refractivity contribution in [1.82, 2.24) is 0 Å². The standard InChI is InChI=1S/C9H7NO2/c11-5-6-4-10-8-3-1-2-7(8)9(6)12/h4H,1-3H2. The largest absolute Gasteiger partial charge is 0.288 e. The fourth-order valence-electron chi connectivity index (χ4n) is 1.55. The summed E-state index contributed by atoms with van der Waals surface area (Å²) in [4.78, 5) is 25.7. The second kappa shape index (κ2) is 2.54. The van der Waals surface area contributed by atoms with Crippen molar-refractivity contribution in [1.29, 1.82) is 0 Å². The Hall–Kier alpha value is -1.47. The molecule has 0 spiro atoms. The average molecular weight is 161 g/mol.